The van der Waals surface area contributed by atoms with Gasteiger partial charge in [0.2, 0.25) is 0 Å². The van der Waals surface area contributed by atoms with Crippen LogP contribution in [-0.4, -0.2) is 20.2 Å². The highest BCUT2D eigenvalue weighted by molar-refractivity contribution is 5.85. The summed E-state index contributed by atoms with van der Waals surface area (Å²) in [6, 6.07) is 2.21. The van der Waals surface area contributed by atoms with Crippen LogP contribution in [0.5, 0.6) is 5.75 Å². The Balaban J connectivity index is 0.00000128. The molecule has 1 saturated heterocycles. The maximum Gasteiger partial charge on any atom is 0.168 e. The quantitative estimate of drug-likeness (QED) is 0.870. The number of rotatable bonds is 2. The van der Waals surface area contributed by atoms with Crippen molar-refractivity contribution in [3.8, 4) is 5.75 Å². The summed E-state index contributed by atoms with van der Waals surface area (Å²) >= 11 is 0. The van der Waals surface area contributed by atoms with Gasteiger partial charge in [0, 0.05) is 24.1 Å². The Bertz CT molecular complexity index is 367. The lowest BCUT2D eigenvalue weighted by Gasteiger charge is -2.14. The summed E-state index contributed by atoms with van der Waals surface area (Å²) < 4.78 is 31.4. The van der Waals surface area contributed by atoms with Gasteiger partial charge in [-0.3, -0.25) is 0 Å². The molecule has 0 spiro atoms. The monoisotopic (exact) mass is 249 g/mol. The summed E-state index contributed by atoms with van der Waals surface area (Å²) in [6.07, 6.45) is 0.888. The van der Waals surface area contributed by atoms with Crippen molar-refractivity contribution in [3.05, 3.63) is 29.3 Å². The van der Waals surface area contributed by atoms with Gasteiger partial charge in [-0.1, -0.05) is 0 Å². The summed E-state index contributed by atoms with van der Waals surface area (Å²) in [6.45, 7) is 1.63. The van der Waals surface area contributed by atoms with Crippen molar-refractivity contribution in [2.45, 2.75) is 12.3 Å². The summed E-state index contributed by atoms with van der Waals surface area (Å²) in [5.74, 6) is -0.857. The van der Waals surface area contributed by atoms with Gasteiger partial charge in [-0.25, -0.2) is 8.78 Å². The molecule has 16 heavy (non-hydrogen) atoms. The van der Waals surface area contributed by atoms with Crippen molar-refractivity contribution in [1.29, 1.82) is 0 Å². The van der Waals surface area contributed by atoms with Crippen LogP contribution in [0.4, 0.5) is 8.78 Å². The predicted octanol–water partition coefficient (Wildman–Crippen LogP) is 2.47. The van der Waals surface area contributed by atoms with Gasteiger partial charge in [0.05, 0.1) is 7.11 Å². The third-order valence-electron chi connectivity index (χ3n) is 2.74. The molecule has 2 nitrogen and oxygen atoms in total. The zero-order chi connectivity index (χ0) is 10.8. The molecule has 2 rings (SSSR count). The first kappa shape index (κ1) is 13.2. The molecular weight excluding hydrogens is 236 g/mol. The Morgan fingerprint density at radius 2 is 2.12 bits per heavy atom. The van der Waals surface area contributed by atoms with Gasteiger partial charge in [0.25, 0.3) is 0 Å². The van der Waals surface area contributed by atoms with E-state index < -0.39 is 11.6 Å². The second kappa shape index (κ2) is 5.46. The normalized spacial score (nSPS) is 19.3. The largest absolute Gasteiger partial charge is 0.493 e. The van der Waals surface area contributed by atoms with Crippen LogP contribution in [0, 0.1) is 11.6 Å². The molecule has 90 valence electrons. The van der Waals surface area contributed by atoms with E-state index in [9.17, 15) is 8.78 Å². The zero-order valence-corrected chi connectivity index (χ0v) is 9.74. The number of halogens is 3. The lowest BCUT2D eigenvalue weighted by atomic mass is 9.97. The molecule has 1 aliphatic rings. The highest BCUT2D eigenvalue weighted by Crippen LogP contribution is 2.33. The maximum absolute atomic E-state index is 13.4. The molecule has 0 aromatic heterocycles. The molecule has 0 amide bonds. The molecule has 1 aliphatic heterocycles. The van der Waals surface area contributed by atoms with E-state index in [-0.39, 0.29) is 24.1 Å². The van der Waals surface area contributed by atoms with Crippen molar-refractivity contribution in [2.75, 3.05) is 20.2 Å². The van der Waals surface area contributed by atoms with Crippen LogP contribution in [0.15, 0.2) is 12.1 Å². The molecule has 1 atom stereocenters. The SMILES string of the molecule is COc1c(F)cc(F)cc1C1CCNC1.Cl. The molecule has 0 aliphatic carbocycles. The molecule has 1 N–H and O–H groups in total. The van der Waals surface area contributed by atoms with Gasteiger partial charge >= 0.3 is 0 Å². The molecule has 1 aromatic carbocycles. The van der Waals surface area contributed by atoms with Crippen LogP contribution in [-0.2, 0) is 0 Å². The number of hydrogen-bond donors (Lipinski definition) is 1. The van der Waals surface area contributed by atoms with Gasteiger partial charge in [0.15, 0.2) is 11.6 Å². The molecular formula is C11H14ClF2NO. The lowest BCUT2D eigenvalue weighted by Crippen LogP contribution is -2.09. The molecule has 0 bridgehead atoms. The summed E-state index contributed by atoms with van der Waals surface area (Å²) in [4.78, 5) is 0. The van der Waals surface area contributed by atoms with E-state index in [1.807, 2.05) is 0 Å². The zero-order valence-electron chi connectivity index (χ0n) is 8.93. The predicted molar refractivity (Wildman–Crippen MR) is 60.4 cm³/mol. The molecule has 1 fully saturated rings. The van der Waals surface area contributed by atoms with E-state index in [1.54, 1.807) is 0 Å². The maximum atomic E-state index is 13.4. The van der Waals surface area contributed by atoms with Crippen LogP contribution in [0.2, 0.25) is 0 Å². The van der Waals surface area contributed by atoms with Gasteiger partial charge in [-0.2, -0.15) is 0 Å². The van der Waals surface area contributed by atoms with E-state index >= 15 is 0 Å². The summed E-state index contributed by atoms with van der Waals surface area (Å²) in [7, 11) is 1.40. The van der Waals surface area contributed by atoms with Crippen molar-refractivity contribution in [2.24, 2.45) is 0 Å². The smallest absolute Gasteiger partial charge is 0.168 e. The van der Waals surface area contributed by atoms with Gasteiger partial charge in [0.1, 0.15) is 5.82 Å². The first-order chi connectivity index (χ1) is 7.22. The second-order valence-corrected chi connectivity index (χ2v) is 3.70. The van der Waals surface area contributed by atoms with Crippen LogP contribution in [0.3, 0.4) is 0 Å². The minimum atomic E-state index is -0.626. The second-order valence-electron chi connectivity index (χ2n) is 3.70. The molecule has 1 unspecified atom stereocenters. The highest BCUT2D eigenvalue weighted by atomic mass is 35.5. The van der Waals surface area contributed by atoms with Crippen LogP contribution < -0.4 is 10.1 Å². The molecule has 0 saturated carbocycles. The fourth-order valence-corrected chi connectivity index (χ4v) is 2.02. The van der Waals surface area contributed by atoms with E-state index in [0.717, 1.165) is 25.6 Å². The average Bonchev–Trinajstić information content (AvgIpc) is 2.69. The van der Waals surface area contributed by atoms with E-state index in [1.165, 1.54) is 13.2 Å². The van der Waals surface area contributed by atoms with Gasteiger partial charge < -0.3 is 10.1 Å². The topological polar surface area (TPSA) is 21.3 Å². The Kier molecular flexibility index (Phi) is 4.50. The summed E-state index contributed by atoms with van der Waals surface area (Å²) in [5.41, 5.74) is 0.625. The number of ether oxygens (including phenoxy) is 1. The molecule has 1 aromatic rings. The Labute approximate surface area is 99.4 Å². The molecule has 0 radical (unpaired) electrons. The fraction of sp³-hybridized carbons (Fsp3) is 0.455. The minimum Gasteiger partial charge on any atom is -0.493 e. The Hall–Kier alpha value is -0.870. The Morgan fingerprint density at radius 3 is 2.69 bits per heavy atom. The van der Waals surface area contributed by atoms with E-state index in [2.05, 4.69) is 5.32 Å². The van der Waals surface area contributed by atoms with Crippen molar-refractivity contribution in [1.82, 2.24) is 5.32 Å². The number of benzene rings is 1. The first-order valence-electron chi connectivity index (χ1n) is 4.96. The minimum absolute atomic E-state index is 0. The lowest BCUT2D eigenvalue weighted by molar-refractivity contribution is 0.375. The van der Waals surface area contributed by atoms with Gasteiger partial charge in [-0.15, -0.1) is 12.4 Å². The van der Waals surface area contributed by atoms with E-state index in [4.69, 9.17) is 4.74 Å². The van der Waals surface area contributed by atoms with Crippen LogP contribution >= 0.6 is 12.4 Å². The van der Waals surface area contributed by atoms with Crippen LogP contribution in [0.25, 0.3) is 0 Å². The van der Waals surface area contributed by atoms with Crippen molar-refractivity contribution < 1.29 is 13.5 Å². The molecule has 1 heterocycles. The number of nitrogens with one attached hydrogen (secondary N) is 1. The van der Waals surface area contributed by atoms with Crippen molar-refractivity contribution >= 4 is 12.4 Å². The average molecular weight is 250 g/mol. The van der Waals surface area contributed by atoms with E-state index in [0.29, 0.717) is 5.56 Å². The standard InChI is InChI=1S/C11H13F2NO.ClH/c1-15-11-9(7-2-3-14-6-7)4-8(12)5-10(11)13;/h4-5,7,14H,2-3,6H2,1H3;1H. The van der Waals surface area contributed by atoms with Crippen molar-refractivity contribution in [3.63, 3.8) is 0 Å². The van der Waals surface area contributed by atoms with Crippen LogP contribution in [0.1, 0.15) is 17.9 Å². The third-order valence-corrected chi connectivity index (χ3v) is 2.74. The Morgan fingerprint density at radius 1 is 1.38 bits per heavy atom. The fourth-order valence-electron chi connectivity index (χ4n) is 2.02. The number of methoxy groups -OCH3 is 1. The summed E-state index contributed by atoms with van der Waals surface area (Å²) in [5, 5.41) is 3.16. The molecule has 5 heteroatoms. The first-order valence-corrected chi connectivity index (χ1v) is 4.96. The van der Waals surface area contributed by atoms with Gasteiger partial charge in [-0.05, 0) is 19.0 Å². The number of hydrogen-bond acceptors (Lipinski definition) is 2. The third kappa shape index (κ3) is 2.44. The highest BCUT2D eigenvalue weighted by Gasteiger charge is 2.23.